The lowest BCUT2D eigenvalue weighted by Crippen LogP contribution is -2.39. The zero-order valence-electron chi connectivity index (χ0n) is 21.6. The predicted octanol–water partition coefficient (Wildman–Crippen LogP) is 3.94. The number of ether oxygens (including phenoxy) is 2. The molecule has 1 unspecified atom stereocenters. The fraction of sp³-hybridized carbons (Fsp3) is 0.259. The summed E-state index contributed by atoms with van der Waals surface area (Å²) in [6.07, 6.45) is 0.700. The minimum atomic E-state index is -1.25. The van der Waals surface area contributed by atoms with Crippen LogP contribution in [0.5, 0.6) is 29.0 Å². The largest absolute Gasteiger partial charge is 0.504 e. The molecule has 2 heterocycles. The number of hydrogen-bond donors (Lipinski definition) is 4. The molecule has 0 spiro atoms. The second-order valence-electron chi connectivity index (χ2n) is 9.35. The maximum Gasteiger partial charge on any atom is 0.308 e. The Labute approximate surface area is 227 Å². The molecule has 1 aromatic heterocycles. The Kier molecular flexibility index (Phi) is 8.03. The number of amides is 1. The molecule has 40 heavy (non-hydrogen) atoms. The highest BCUT2D eigenvalue weighted by molar-refractivity contribution is 5.95. The molecule has 1 amide bonds. The maximum atomic E-state index is 15.8. The predicted molar refractivity (Wildman–Crippen MR) is 140 cm³/mol. The summed E-state index contributed by atoms with van der Waals surface area (Å²) in [5, 5.41) is 27.4. The van der Waals surface area contributed by atoms with E-state index < -0.39 is 46.7 Å². The molecular weight excluding hydrogens is 528 g/mol. The van der Waals surface area contributed by atoms with Crippen molar-refractivity contribution in [2.24, 2.45) is 11.7 Å². The summed E-state index contributed by atoms with van der Waals surface area (Å²) < 4.78 is 42.8. The number of phenolic OH excluding ortho intramolecular Hbond substituents is 1. The van der Waals surface area contributed by atoms with E-state index in [-0.39, 0.29) is 47.5 Å². The number of nitrogens with two attached hydrogens (primary N) is 1. The van der Waals surface area contributed by atoms with Crippen molar-refractivity contribution >= 4 is 23.4 Å². The van der Waals surface area contributed by atoms with E-state index in [0.29, 0.717) is 12.8 Å². The first-order valence-corrected chi connectivity index (χ1v) is 12.2. The standard InChI is InChI=1S/C27H27F2N5O6/c1-33(2)26(36)15-5-3-7-17(11-15)39-24-20(28)22(34-10-4-6-16(13-34)27(37)38)21(29)25(32-24)40-19-12-14(23(30)31)8-9-18(19)35/h3,5,7-9,11-12,16,35H,4,6,10,13H2,1-2H3,(H3,30,31)(H,37,38). The van der Waals surface area contributed by atoms with Crippen LogP contribution < -0.4 is 20.1 Å². The van der Waals surface area contributed by atoms with Crippen molar-refractivity contribution in [2.45, 2.75) is 12.8 Å². The zero-order valence-corrected chi connectivity index (χ0v) is 21.6. The molecule has 5 N–H and O–H groups in total. The third-order valence-corrected chi connectivity index (χ3v) is 6.26. The number of piperidine rings is 1. The number of carboxylic acids is 1. The summed E-state index contributed by atoms with van der Waals surface area (Å²) in [5.41, 5.74) is 5.29. The lowest BCUT2D eigenvalue weighted by Gasteiger charge is -2.33. The monoisotopic (exact) mass is 555 g/mol. The minimum absolute atomic E-state index is 0.0195. The van der Waals surface area contributed by atoms with Gasteiger partial charge in [0.15, 0.2) is 11.5 Å². The molecule has 0 radical (unpaired) electrons. The summed E-state index contributed by atoms with van der Waals surface area (Å²) in [6.45, 7) is -0.0254. The summed E-state index contributed by atoms with van der Waals surface area (Å²) in [7, 11) is 3.12. The van der Waals surface area contributed by atoms with Gasteiger partial charge >= 0.3 is 5.97 Å². The first-order chi connectivity index (χ1) is 19.0. The molecule has 0 saturated carbocycles. The van der Waals surface area contributed by atoms with Crippen molar-refractivity contribution in [1.29, 1.82) is 5.41 Å². The molecule has 3 aromatic rings. The van der Waals surface area contributed by atoms with Gasteiger partial charge in [-0.25, -0.2) is 0 Å². The van der Waals surface area contributed by atoms with Crippen LogP contribution in [0.25, 0.3) is 0 Å². The van der Waals surface area contributed by atoms with E-state index >= 15 is 8.78 Å². The Morgan fingerprint density at radius 2 is 1.80 bits per heavy atom. The Hall–Kier alpha value is -4.94. The van der Waals surface area contributed by atoms with Crippen LogP contribution >= 0.6 is 0 Å². The molecule has 2 aromatic carbocycles. The van der Waals surface area contributed by atoms with Gasteiger partial charge < -0.3 is 35.2 Å². The summed E-state index contributed by atoms with van der Waals surface area (Å²) >= 11 is 0. The average molecular weight is 556 g/mol. The van der Waals surface area contributed by atoms with E-state index in [1.807, 2.05) is 0 Å². The number of aromatic nitrogens is 1. The van der Waals surface area contributed by atoms with Crippen LogP contribution in [0.3, 0.4) is 0 Å². The third kappa shape index (κ3) is 5.87. The lowest BCUT2D eigenvalue weighted by molar-refractivity contribution is -0.141. The number of rotatable bonds is 8. The van der Waals surface area contributed by atoms with Gasteiger partial charge in [0.25, 0.3) is 17.7 Å². The van der Waals surface area contributed by atoms with Crippen LogP contribution in [0.4, 0.5) is 14.5 Å². The molecule has 13 heteroatoms. The number of hydrogen-bond acceptors (Lipinski definition) is 8. The Bertz CT molecular complexity index is 1480. The highest BCUT2D eigenvalue weighted by Crippen LogP contribution is 2.41. The van der Waals surface area contributed by atoms with E-state index in [4.69, 9.17) is 20.6 Å². The van der Waals surface area contributed by atoms with Crippen LogP contribution in [0.1, 0.15) is 28.8 Å². The lowest BCUT2D eigenvalue weighted by atomic mass is 9.98. The Morgan fingerprint density at radius 3 is 2.45 bits per heavy atom. The molecule has 11 nitrogen and oxygen atoms in total. The summed E-state index contributed by atoms with van der Waals surface area (Å²) in [5.74, 6) is -7.31. The number of benzene rings is 2. The number of phenols is 1. The number of amidine groups is 1. The maximum absolute atomic E-state index is 15.8. The zero-order chi connectivity index (χ0) is 29.1. The van der Waals surface area contributed by atoms with Crippen molar-refractivity contribution in [2.75, 3.05) is 32.1 Å². The molecule has 4 rings (SSSR count). The van der Waals surface area contributed by atoms with Crippen molar-refractivity contribution < 1.29 is 38.1 Å². The Morgan fingerprint density at radius 1 is 1.10 bits per heavy atom. The molecule has 1 saturated heterocycles. The number of aliphatic carboxylic acids is 1. The number of nitrogens with one attached hydrogen (secondary N) is 1. The number of nitrogen functional groups attached to an aromatic ring is 1. The second kappa shape index (κ2) is 11.4. The smallest absolute Gasteiger partial charge is 0.308 e. The number of pyridine rings is 1. The number of carbonyl (C=O) groups excluding carboxylic acids is 1. The SMILES string of the molecule is CN(C)C(=O)c1cccc(Oc2nc(Oc3cc(C(=N)N)ccc3O)c(F)c(N3CCCC(C(=O)O)C3)c2F)c1. The van der Waals surface area contributed by atoms with Crippen LogP contribution in [0.2, 0.25) is 0 Å². The van der Waals surface area contributed by atoms with Gasteiger partial charge in [-0.3, -0.25) is 15.0 Å². The first kappa shape index (κ1) is 28.1. The number of carbonyl (C=O) groups is 2. The molecule has 1 fully saturated rings. The van der Waals surface area contributed by atoms with E-state index in [1.165, 1.54) is 52.3 Å². The molecule has 210 valence electrons. The fourth-order valence-corrected chi connectivity index (χ4v) is 4.21. The average Bonchev–Trinajstić information content (AvgIpc) is 2.92. The first-order valence-electron chi connectivity index (χ1n) is 12.2. The van der Waals surface area contributed by atoms with Crippen molar-refractivity contribution in [3.63, 3.8) is 0 Å². The molecular formula is C27H27F2N5O6. The van der Waals surface area contributed by atoms with Crippen LogP contribution in [-0.4, -0.2) is 65.0 Å². The van der Waals surface area contributed by atoms with Gasteiger partial charge in [-0.2, -0.15) is 13.8 Å². The van der Waals surface area contributed by atoms with E-state index in [1.54, 1.807) is 14.1 Å². The fourth-order valence-electron chi connectivity index (χ4n) is 4.21. The molecule has 0 bridgehead atoms. The highest BCUT2D eigenvalue weighted by Gasteiger charge is 2.33. The number of aromatic hydroxyl groups is 1. The Balaban J connectivity index is 1.81. The van der Waals surface area contributed by atoms with E-state index in [9.17, 15) is 19.8 Å². The number of halogens is 2. The van der Waals surface area contributed by atoms with Crippen LogP contribution in [0.15, 0.2) is 42.5 Å². The quantitative estimate of drug-likeness (QED) is 0.238. The van der Waals surface area contributed by atoms with Crippen molar-refractivity contribution in [1.82, 2.24) is 9.88 Å². The van der Waals surface area contributed by atoms with Crippen LogP contribution in [0, 0.1) is 23.0 Å². The minimum Gasteiger partial charge on any atom is -0.504 e. The summed E-state index contributed by atoms with van der Waals surface area (Å²) in [4.78, 5) is 30.4. The number of carboxylic acid groups (broad SMARTS) is 1. The molecule has 1 atom stereocenters. The van der Waals surface area contributed by atoms with E-state index in [2.05, 4.69) is 4.98 Å². The van der Waals surface area contributed by atoms with Gasteiger partial charge in [-0.1, -0.05) is 6.07 Å². The van der Waals surface area contributed by atoms with Gasteiger partial charge in [0, 0.05) is 38.3 Å². The normalized spacial score (nSPS) is 14.9. The number of anilines is 1. The van der Waals surface area contributed by atoms with Gasteiger partial charge in [0.05, 0.1) is 5.92 Å². The van der Waals surface area contributed by atoms with Crippen LogP contribution in [-0.2, 0) is 4.79 Å². The molecule has 1 aliphatic rings. The topological polar surface area (TPSA) is 162 Å². The highest BCUT2D eigenvalue weighted by atomic mass is 19.1. The number of nitrogens with zero attached hydrogens (tertiary/aromatic N) is 3. The van der Waals surface area contributed by atoms with Crippen molar-refractivity contribution in [3.05, 3.63) is 65.2 Å². The second-order valence-corrected chi connectivity index (χ2v) is 9.35. The molecule has 1 aliphatic heterocycles. The molecule has 0 aliphatic carbocycles. The van der Waals surface area contributed by atoms with Gasteiger partial charge in [-0.05, 0) is 49.2 Å². The van der Waals surface area contributed by atoms with Crippen molar-refractivity contribution in [3.8, 4) is 29.0 Å². The van der Waals surface area contributed by atoms with Gasteiger partial charge in [-0.15, -0.1) is 0 Å². The third-order valence-electron chi connectivity index (χ3n) is 6.26. The van der Waals surface area contributed by atoms with Gasteiger partial charge in [0.1, 0.15) is 17.3 Å². The van der Waals surface area contributed by atoms with Gasteiger partial charge in [0.2, 0.25) is 11.6 Å². The van der Waals surface area contributed by atoms with E-state index in [0.717, 1.165) is 0 Å². The summed E-state index contributed by atoms with van der Waals surface area (Å²) in [6, 6.07) is 9.56.